The number of rotatable bonds is 7. The molecule has 6 heteroatoms. The summed E-state index contributed by atoms with van der Waals surface area (Å²) < 4.78 is 9.64. The number of carbonyl (C=O) groups excluding carboxylic acids is 3. The molecule has 0 aromatic heterocycles. The van der Waals surface area contributed by atoms with Gasteiger partial charge in [-0.2, -0.15) is 0 Å². The first-order valence-electron chi connectivity index (χ1n) is 6.73. The van der Waals surface area contributed by atoms with Crippen LogP contribution in [0.2, 0.25) is 0 Å². The van der Waals surface area contributed by atoms with Gasteiger partial charge in [0, 0.05) is 12.6 Å². The molecule has 0 atom stereocenters. The topological polar surface area (TPSA) is 81.7 Å². The molecule has 1 N–H and O–H groups in total. The van der Waals surface area contributed by atoms with E-state index in [0.717, 1.165) is 12.8 Å². The molecule has 0 fully saturated rings. The van der Waals surface area contributed by atoms with E-state index >= 15 is 0 Å². The monoisotopic (exact) mass is 293 g/mol. The fraction of sp³-hybridized carbons (Fsp3) is 0.400. The van der Waals surface area contributed by atoms with Crippen molar-refractivity contribution in [2.75, 3.05) is 18.5 Å². The molecule has 21 heavy (non-hydrogen) atoms. The van der Waals surface area contributed by atoms with E-state index in [9.17, 15) is 14.4 Å². The molecule has 114 valence electrons. The first-order valence-corrected chi connectivity index (χ1v) is 6.73. The molecule has 0 aliphatic carbocycles. The Hall–Kier alpha value is -2.37. The van der Waals surface area contributed by atoms with E-state index in [-0.39, 0.29) is 12.6 Å². The lowest BCUT2D eigenvalue weighted by molar-refractivity contribution is -0.144. The molecule has 1 aromatic rings. The molecular weight excluding hydrogens is 274 g/mol. The lowest BCUT2D eigenvalue weighted by atomic mass is 10.2. The summed E-state index contributed by atoms with van der Waals surface area (Å²) in [6.45, 7) is 3.31. The van der Waals surface area contributed by atoms with Crippen LogP contribution in [-0.4, -0.2) is 31.1 Å². The molecule has 6 nitrogen and oxygen atoms in total. The summed E-state index contributed by atoms with van der Waals surface area (Å²) in [5, 5.41) is 2.55. The van der Waals surface area contributed by atoms with Gasteiger partial charge in [0.25, 0.3) is 5.91 Å². The molecule has 0 aliphatic heterocycles. The Bertz CT molecular complexity index is 495. The first kappa shape index (κ1) is 16.7. The number of unbranched alkanes of at least 4 members (excludes halogenated alkanes) is 1. The van der Waals surface area contributed by atoms with E-state index in [2.05, 4.69) is 10.1 Å². The third kappa shape index (κ3) is 6.56. The Morgan fingerprint density at radius 1 is 1.10 bits per heavy atom. The standard InChI is InChI=1S/C15H19NO5/c1-3-4-9-20-15(19)12-5-7-13(8-6-12)16-14(18)10-21-11(2)17/h5-8H,3-4,9-10H2,1-2H3,(H,16,18). The van der Waals surface area contributed by atoms with Crippen molar-refractivity contribution < 1.29 is 23.9 Å². The highest BCUT2D eigenvalue weighted by Crippen LogP contribution is 2.10. The third-order valence-corrected chi connectivity index (χ3v) is 2.54. The van der Waals surface area contributed by atoms with Gasteiger partial charge >= 0.3 is 11.9 Å². The van der Waals surface area contributed by atoms with Gasteiger partial charge in [-0.25, -0.2) is 4.79 Å². The Kier molecular flexibility index (Phi) is 6.94. The molecule has 0 aliphatic rings. The van der Waals surface area contributed by atoms with Crippen LogP contribution < -0.4 is 5.32 Å². The fourth-order valence-corrected chi connectivity index (χ4v) is 1.45. The third-order valence-electron chi connectivity index (χ3n) is 2.54. The Morgan fingerprint density at radius 3 is 2.33 bits per heavy atom. The number of benzene rings is 1. The zero-order valence-electron chi connectivity index (χ0n) is 12.2. The highest BCUT2D eigenvalue weighted by Gasteiger charge is 2.08. The van der Waals surface area contributed by atoms with Crippen LogP contribution in [0.3, 0.4) is 0 Å². The largest absolute Gasteiger partial charge is 0.462 e. The number of hydrogen-bond acceptors (Lipinski definition) is 5. The second kappa shape index (κ2) is 8.73. The lowest BCUT2D eigenvalue weighted by Crippen LogP contribution is -2.19. The molecule has 0 radical (unpaired) electrons. The number of hydrogen-bond donors (Lipinski definition) is 1. The molecule has 0 unspecified atom stereocenters. The average Bonchev–Trinajstić information content (AvgIpc) is 2.46. The molecule has 0 saturated heterocycles. The number of amides is 1. The van der Waals surface area contributed by atoms with Gasteiger partial charge < -0.3 is 14.8 Å². The second-order valence-electron chi connectivity index (χ2n) is 4.40. The Morgan fingerprint density at radius 2 is 1.76 bits per heavy atom. The molecule has 1 aromatic carbocycles. The number of ether oxygens (including phenoxy) is 2. The minimum atomic E-state index is -0.518. The van der Waals surface area contributed by atoms with Crippen LogP contribution in [0, 0.1) is 0 Å². The van der Waals surface area contributed by atoms with Crippen molar-refractivity contribution in [1.29, 1.82) is 0 Å². The van der Waals surface area contributed by atoms with Gasteiger partial charge in [-0.3, -0.25) is 9.59 Å². The molecule has 0 bridgehead atoms. The normalized spacial score (nSPS) is 9.81. The van der Waals surface area contributed by atoms with Crippen molar-refractivity contribution in [3.8, 4) is 0 Å². The van der Waals surface area contributed by atoms with Gasteiger partial charge in [0.1, 0.15) is 0 Å². The van der Waals surface area contributed by atoms with Gasteiger partial charge in [0.15, 0.2) is 6.61 Å². The van der Waals surface area contributed by atoms with Crippen LogP contribution >= 0.6 is 0 Å². The first-order chi connectivity index (χ1) is 10.0. The van der Waals surface area contributed by atoms with Gasteiger partial charge in [0.2, 0.25) is 0 Å². The zero-order valence-corrected chi connectivity index (χ0v) is 12.2. The van der Waals surface area contributed by atoms with Crippen molar-refractivity contribution in [1.82, 2.24) is 0 Å². The van der Waals surface area contributed by atoms with Crippen LogP contribution in [0.15, 0.2) is 24.3 Å². The minimum absolute atomic E-state index is 0.337. The van der Waals surface area contributed by atoms with Crippen LogP contribution in [0.1, 0.15) is 37.0 Å². The highest BCUT2D eigenvalue weighted by atomic mass is 16.5. The minimum Gasteiger partial charge on any atom is -0.462 e. The maximum atomic E-state index is 11.7. The predicted octanol–water partition coefficient (Wildman–Crippen LogP) is 2.15. The van der Waals surface area contributed by atoms with Crippen LogP contribution in [0.4, 0.5) is 5.69 Å². The predicted molar refractivity (Wildman–Crippen MR) is 76.9 cm³/mol. The quantitative estimate of drug-likeness (QED) is 0.615. The maximum absolute atomic E-state index is 11.7. The Balaban J connectivity index is 2.48. The van der Waals surface area contributed by atoms with Crippen molar-refractivity contribution in [2.24, 2.45) is 0 Å². The molecule has 0 heterocycles. The van der Waals surface area contributed by atoms with E-state index < -0.39 is 11.9 Å². The average molecular weight is 293 g/mol. The number of anilines is 1. The summed E-state index contributed by atoms with van der Waals surface area (Å²) in [6.07, 6.45) is 1.79. The van der Waals surface area contributed by atoms with E-state index in [0.29, 0.717) is 17.9 Å². The fourth-order valence-electron chi connectivity index (χ4n) is 1.45. The van der Waals surface area contributed by atoms with E-state index in [4.69, 9.17) is 4.74 Å². The van der Waals surface area contributed by atoms with E-state index in [1.54, 1.807) is 24.3 Å². The van der Waals surface area contributed by atoms with Gasteiger partial charge in [0.05, 0.1) is 12.2 Å². The number of esters is 2. The van der Waals surface area contributed by atoms with Crippen molar-refractivity contribution in [3.63, 3.8) is 0 Å². The van der Waals surface area contributed by atoms with Crippen LogP contribution in [0.25, 0.3) is 0 Å². The van der Waals surface area contributed by atoms with Crippen molar-refractivity contribution in [2.45, 2.75) is 26.7 Å². The van der Waals surface area contributed by atoms with Crippen LogP contribution in [0.5, 0.6) is 0 Å². The summed E-state index contributed by atoms with van der Waals surface area (Å²) in [4.78, 5) is 33.7. The summed E-state index contributed by atoms with van der Waals surface area (Å²) in [5.74, 6) is -1.35. The molecular formula is C15H19NO5. The van der Waals surface area contributed by atoms with Crippen molar-refractivity contribution in [3.05, 3.63) is 29.8 Å². The van der Waals surface area contributed by atoms with Crippen LogP contribution in [-0.2, 0) is 19.1 Å². The number of nitrogens with one attached hydrogen (secondary N) is 1. The summed E-state index contributed by atoms with van der Waals surface area (Å²) in [7, 11) is 0. The van der Waals surface area contributed by atoms with Gasteiger partial charge in [-0.1, -0.05) is 13.3 Å². The SMILES string of the molecule is CCCCOC(=O)c1ccc(NC(=O)COC(C)=O)cc1. The maximum Gasteiger partial charge on any atom is 0.338 e. The van der Waals surface area contributed by atoms with E-state index in [1.165, 1.54) is 6.92 Å². The second-order valence-corrected chi connectivity index (χ2v) is 4.40. The summed E-state index contributed by atoms with van der Waals surface area (Å²) in [6, 6.07) is 6.30. The summed E-state index contributed by atoms with van der Waals surface area (Å²) >= 11 is 0. The molecule has 1 rings (SSSR count). The van der Waals surface area contributed by atoms with Gasteiger partial charge in [-0.05, 0) is 30.7 Å². The highest BCUT2D eigenvalue weighted by molar-refractivity contribution is 5.94. The summed E-state index contributed by atoms with van der Waals surface area (Å²) in [5.41, 5.74) is 0.932. The van der Waals surface area contributed by atoms with E-state index in [1.807, 2.05) is 6.92 Å². The number of carbonyl (C=O) groups is 3. The molecule has 0 spiro atoms. The molecule has 0 saturated carbocycles. The molecule has 1 amide bonds. The lowest BCUT2D eigenvalue weighted by Gasteiger charge is -2.07. The van der Waals surface area contributed by atoms with Crippen molar-refractivity contribution >= 4 is 23.5 Å². The van der Waals surface area contributed by atoms with Gasteiger partial charge in [-0.15, -0.1) is 0 Å². The zero-order chi connectivity index (χ0) is 15.7. The smallest absolute Gasteiger partial charge is 0.338 e. The Labute approximate surface area is 123 Å².